The first kappa shape index (κ1) is 21.5. The highest BCUT2D eigenvalue weighted by Gasteiger charge is 2.26. The Morgan fingerprint density at radius 3 is 2.48 bits per heavy atom. The van der Waals surface area contributed by atoms with Gasteiger partial charge in [-0.15, -0.1) is 11.3 Å². The van der Waals surface area contributed by atoms with Crippen LogP contribution in [0.3, 0.4) is 0 Å². The van der Waals surface area contributed by atoms with Crippen LogP contribution in [0.1, 0.15) is 41.3 Å². The number of hydrogen-bond donors (Lipinski definition) is 0. The fraction of sp³-hybridized carbons (Fsp3) is 0.455. The Labute approximate surface area is 185 Å². The van der Waals surface area contributed by atoms with E-state index < -0.39 is 0 Å². The summed E-state index contributed by atoms with van der Waals surface area (Å²) in [4.78, 5) is 26.6. The third kappa shape index (κ3) is 4.94. The molecule has 9 heteroatoms. The van der Waals surface area contributed by atoms with Crippen molar-refractivity contribution in [2.45, 2.75) is 32.7 Å². The SMILES string of the molecule is COc1ccc(-c2noc(CN3CCN(C(=O)c4cnc(C(C)(C)C)s4)CC3)n2)cc1. The van der Waals surface area contributed by atoms with Gasteiger partial charge >= 0.3 is 0 Å². The summed E-state index contributed by atoms with van der Waals surface area (Å²) in [6.45, 7) is 9.75. The molecule has 3 heterocycles. The van der Waals surface area contributed by atoms with E-state index in [-0.39, 0.29) is 11.3 Å². The number of piperazine rings is 1. The Kier molecular flexibility index (Phi) is 6.06. The average Bonchev–Trinajstić information content (AvgIpc) is 3.44. The topological polar surface area (TPSA) is 84.6 Å². The Morgan fingerprint density at radius 2 is 1.87 bits per heavy atom. The van der Waals surface area contributed by atoms with Crippen LogP contribution in [-0.4, -0.2) is 64.1 Å². The standard InChI is InChI=1S/C22H27N5O3S/c1-22(2,3)21-23-13-17(31-21)20(28)27-11-9-26(10-12-27)14-18-24-19(25-30-18)15-5-7-16(29-4)8-6-15/h5-8,13H,9-12,14H2,1-4H3. The molecule has 1 saturated heterocycles. The van der Waals surface area contributed by atoms with Gasteiger partial charge in [-0.05, 0) is 24.3 Å². The van der Waals surface area contributed by atoms with Gasteiger partial charge in [-0.25, -0.2) is 4.98 Å². The van der Waals surface area contributed by atoms with Crippen LogP contribution in [-0.2, 0) is 12.0 Å². The van der Waals surface area contributed by atoms with Crippen molar-refractivity contribution in [1.29, 1.82) is 0 Å². The predicted octanol–water partition coefficient (Wildman–Crippen LogP) is 3.46. The quantitative estimate of drug-likeness (QED) is 0.599. The first-order valence-corrected chi connectivity index (χ1v) is 11.1. The highest BCUT2D eigenvalue weighted by molar-refractivity contribution is 7.13. The molecule has 0 N–H and O–H groups in total. The first-order valence-electron chi connectivity index (χ1n) is 10.3. The van der Waals surface area contributed by atoms with Gasteiger partial charge in [-0.3, -0.25) is 9.69 Å². The molecule has 1 amide bonds. The summed E-state index contributed by atoms with van der Waals surface area (Å²) in [5.41, 5.74) is 0.835. The third-order valence-electron chi connectivity index (χ3n) is 5.19. The van der Waals surface area contributed by atoms with Crippen molar-refractivity contribution in [2.24, 2.45) is 0 Å². The number of nitrogens with zero attached hydrogens (tertiary/aromatic N) is 5. The zero-order valence-electron chi connectivity index (χ0n) is 18.3. The molecule has 3 aromatic rings. The minimum atomic E-state index is -0.0450. The molecule has 0 unspecified atom stereocenters. The van der Waals surface area contributed by atoms with E-state index in [0.29, 0.717) is 36.2 Å². The largest absolute Gasteiger partial charge is 0.497 e. The van der Waals surface area contributed by atoms with E-state index >= 15 is 0 Å². The van der Waals surface area contributed by atoms with E-state index in [0.717, 1.165) is 29.4 Å². The lowest BCUT2D eigenvalue weighted by Crippen LogP contribution is -2.48. The van der Waals surface area contributed by atoms with E-state index in [1.54, 1.807) is 13.3 Å². The van der Waals surface area contributed by atoms with Gasteiger partial charge in [0.1, 0.15) is 10.6 Å². The maximum atomic E-state index is 12.8. The maximum Gasteiger partial charge on any atom is 0.265 e. The molecule has 1 fully saturated rings. The fourth-order valence-electron chi connectivity index (χ4n) is 3.35. The molecule has 1 aromatic carbocycles. The van der Waals surface area contributed by atoms with Crippen LogP contribution >= 0.6 is 11.3 Å². The molecule has 0 bridgehead atoms. The van der Waals surface area contributed by atoms with Crippen LogP contribution in [0.15, 0.2) is 35.0 Å². The van der Waals surface area contributed by atoms with E-state index in [2.05, 4.69) is 40.8 Å². The molecular weight excluding hydrogens is 414 g/mol. The Bertz CT molecular complexity index is 1030. The zero-order chi connectivity index (χ0) is 22.0. The van der Waals surface area contributed by atoms with Crippen molar-refractivity contribution < 1.29 is 14.1 Å². The lowest BCUT2D eigenvalue weighted by atomic mass is 9.98. The van der Waals surface area contributed by atoms with Gasteiger partial charge < -0.3 is 14.2 Å². The van der Waals surface area contributed by atoms with E-state index in [1.165, 1.54) is 11.3 Å². The number of ether oxygens (including phenoxy) is 1. The summed E-state index contributed by atoms with van der Waals surface area (Å²) in [5.74, 6) is 1.98. The molecule has 31 heavy (non-hydrogen) atoms. The Balaban J connectivity index is 1.31. The number of aromatic nitrogens is 3. The van der Waals surface area contributed by atoms with Crippen LogP contribution < -0.4 is 4.74 Å². The fourth-order valence-corrected chi connectivity index (χ4v) is 4.29. The van der Waals surface area contributed by atoms with Gasteiger partial charge in [0.15, 0.2) is 0 Å². The summed E-state index contributed by atoms with van der Waals surface area (Å²) < 4.78 is 10.6. The number of carbonyl (C=O) groups is 1. The van der Waals surface area contributed by atoms with E-state index in [1.807, 2.05) is 29.2 Å². The van der Waals surface area contributed by atoms with Crippen LogP contribution in [0.2, 0.25) is 0 Å². The molecule has 1 aliphatic heterocycles. The number of thiazole rings is 1. The molecule has 1 aliphatic rings. The number of rotatable bonds is 5. The first-order chi connectivity index (χ1) is 14.8. The van der Waals surface area contributed by atoms with Crippen LogP contribution in [0.5, 0.6) is 5.75 Å². The molecule has 8 nitrogen and oxygen atoms in total. The molecule has 0 aliphatic carbocycles. The minimum Gasteiger partial charge on any atom is -0.497 e. The minimum absolute atomic E-state index is 0.0450. The van der Waals surface area contributed by atoms with Gasteiger partial charge in [0.2, 0.25) is 11.7 Å². The van der Waals surface area contributed by atoms with Gasteiger partial charge in [0, 0.05) is 37.2 Å². The lowest BCUT2D eigenvalue weighted by molar-refractivity contribution is 0.0619. The normalized spacial score (nSPS) is 15.3. The lowest BCUT2D eigenvalue weighted by Gasteiger charge is -2.33. The van der Waals surface area contributed by atoms with Crippen molar-refractivity contribution in [1.82, 2.24) is 24.9 Å². The maximum absolute atomic E-state index is 12.8. The summed E-state index contributed by atoms with van der Waals surface area (Å²) in [7, 11) is 1.63. The Hall–Kier alpha value is -2.78. The second kappa shape index (κ2) is 8.76. The van der Waals surface area contributed by atoms with E-state index in [4.69, 9.17) is 9.26 Å². The summed E-state index contributed by atoms with van der Waals surface area (Å²) in [6, 6.07) is 7.55. The highest BCUT2D eigenvalue weighted by Crippen LogP contribution is 2.27. The number of hydrogen-bond acceptors (Lipinski definition) is 8. The van der Waals surface area contributed by atoms with Crippen LogP contribution in [0.4, 0.5) is 0 Å². The smallest absolute Gasteiger partial charge is 0.265 e. The molecule has 2 aromatic heterocycles. The molecule has 0 radical (unpaired) electrons. The number of amides is 1. The summed E-state index contributed by atoms with van der Waals surface area (Å²) in [6.07, 6.45) is 1.71. The number of methoxy groups -OCH3 is 1. The van der Waals surface area contributed by atoms with Gasteiger partial charge in [-0.1, -0.05) is 25.9 Å². The predicted molar refractivity (Wildman–Crippen MR) is 118 cm³/mol. The van der Waals surface area contributed by atoms with Crippen molar-refractivity contribution in [3.63, 3.8) is 0 Å². The average molecular weight is 442 g/mol. The van der Waals surface area contributed by atoms with Crippen molar-refractivity contribution in [3.05, 3.63) is 46.2 Å². The van der Waals surface area contributed by atoms with E-state index in [9.17, 15) is 4.79 Å². The second-order valence-electron chi connectivity index (χ2n) is 8.59. The molecule has 4 rings (SSSR count). The molecular formula is C22H27N5O3S. The van der Waals surface area contributed by atoms with Gasteiger partial charge in [-0.2, -0.15) is 4.98 Å². The Morgan fingerprint density at radius 1 is 1.16 bits per heavy atom. The summed E-state index contributed by atoms with van der Waals surface area (Å²) >= 11 is 1.49. The molecule has 164 valence electrons. The number of benzene rings is 1. The summed E-state index contributed by atoms with van der Waals surface area (Å²) in [5, 5.41) is 5.07. The number of carbonyl (C=O) groups excluding carboxylic acids is 1. The molecule has 0 saturated carbocycles. The third-order valence-corrected chi connectivity index (χ3v) is 6.60. The zero-order valence-corrected chi connectivity index (χ0v) is 19.1. The van der Waals surface area contributed by atoms with Crippen molar-refractivity contribution in [2.75, 3.05) is 33.3 Å². The monoisotopic (exact) mass is 441 g/mol. The van der Waals surface area contributed by atoms with Crippen molar-refractivity contribution in [3.8, 4) is 17.1 Å². The van der Waals surface area contributed by atoms with Gasteiger partial charge in [0.25, 0.3) is 5.91 Å². The van der Waals surface area contributed by atoms with Gasteiger partial charge in [0.05, 0.1) is 24.9 Å². The van der Waals surface area contributed by atoms with Crippen molar-refractivity contribution >= 4 is 17.2 Å². The second-order valence-corrected chi connectivity index (χ2v) is 9.62. The van der Waals surface area contributed by atoms with Crippen LogP contribution in [0.25, 0.3) is 11.4 Å². The molecule has 0 spiro atoms. The highest BCUT2D eigenvalue weighted by atomic mass is 32.1. The van der Waals surface area contributed by atoms with Crippen LogP contribution in [0, 0.1) is 0 Å². The molecule has 0 atom stereocenters.